The lowest BCUT2D eigenvalue weighted by Crippen LogP contribution is -2.25. The number of hydrogen-bond acceptors (Lipinski definition) is 2. The lowest BCUT2D eigenvalue weighted by Gasteiger charge is -2.15. The zero-order valence-electron chi connectivity index (χ0n) is 19.0. The van der Waals surface area contributed by atoms with Gasteiger partial charge in [-0.2, -0.15) is 10.1 Å². The van der Waals surface area contributed by atoms with Gasteiger partial charge in [0.25, 0.3) is 5.91 Å². The fraction of sp³-hybridized carbons (Fsp3) is 0.200. The minimum atomic E-state index is -2.30. The molecule has 0 N–H and O–H groups in total. The normalized spacial score (nSPS) is 15.0. The molecule has 0 saturated carbocycles. The molecule has 0 unspecified atom stereocenters. The maximum atomic E-state index is 14.3. The fourth-order valence-corrected chi connectivity index (χ4v) is 3.97. The first-order chi connectivity index (χ1) is 15.9. The van der Waals surface area contributed by atoms with Gasteiger partial charge >= 0.3 is 0 Å². The molecule has 0 saturated heterocycles. The van der Waals surface area contributed by atoms with Crippen LogP contribution >= 0.6 is 0 Å². The molecule has 0 fully saturated rings. The van der Waals surface area contributed by atoms with Gasteiger partial charge in [0, 0.05) is 17.1 Å². The van der Waals surface area contributed by atoms with Gasteiger partial charge in [-0.05, 0) is 75.6 Å². The second kappa shape index (κ2) is 8.23. The van der Waals surface area contributed by atoms with Crippen molar-refractivity contribution >= 4 is 23.4 Å². The Morgan fingerprint density at radius 1 is 0.794 bits per heavy atom. The van der Waals surface area contributed by atoms with E-state index in [-0.39, 0.29) is 16.3 Å². The highest BCUT2D eigenvalue weighted by atomic mass is 19.2. The quantitative estimate of drug-likeness (QED) is 0.193. The van der Waals surface area contributed by atoms with Gasteiger partial charge in [-0.3, -0.25) is 4.79 Å². The Morgan fingerprint density at radius 2 is 1.38 bits per heavy atom. The number of carbonyl (C=O) groups is 1. The zero-order chi connectivity index (χ0) is 25.1. The Balaban J connectivity index is 1.78. The number of aromatic nitrogens is 1. The number of amides is 1. The van der Waals surface area contributed by atoms with Crippen LogP contribution in [0.1, 0.15) is 35.0 Å². The molecular formula is C25H20F5N3O. The van der Waals surface area contributed by atoms with Crippen LogP contribution < -0.4 is 5.01 Å². The van der Waals surface area contributed by atoms with Crippen LogP contribution in [0.4, 0.5) is 27.6 Å². The number of benzene rings is 2. The van der Waals surface area contributed by atoms with Crippen LogP contribution in [0, 0.1) is 56.8 Å². The summed E-state index contributed by atoms with van der Waals surface area (Å²) in [5.74, 6) is -11.9. The van der Waals surface area contributed by atoms with Gasteiger partial charge in [-0.25, -0.2) is 22.0 Å². The third-order valence-corrected chi connectivity index (χ3v) is 5.98. The summed E-state index contributed by atoms with van der Waals surface area (Å²) in [6.07, 6.45) is 1.49. The minimum Gasteiger partial charge on any atom is -0.318 e. The van der Waals surface area contributed by atoms with Gasteiger partial charge in [0.2, 0.25) is 5.82 Å². The van der Waals surface area contributed by atoms with Gasteiger partial charge in [0.1, 0.15) is 5.69 Å². The van der Waals surface area contributed by atoms with E-state index in [1.165, 1.54) is 13.0 Å². The summed E-state index contributed by atoms with van der Waals surface area (Å²) >= 11 is 0. The molecule has 0 aliphatic carbocycles. The Morgan fingerprint density at radius 3 is 1.97 bits per heavy atom. The number of halogens is 5. The van der Waals surface area contributed by atoms with Crippen LogP contribution in [-0.2, 0) is 4.79 Å². The molecule has 4 nitrogen and oxygen atoms in total. The van der Waals surface area contributed by atoms with Crippen molar-refractivity contribution in [1.29, 1.82) is 0 Å². The molecule has 1 aromatic heterocycles. The molecule has 9 heteroatoms. The minimum absolute atomic E-state index is 0.0238. The van der Waals surface area contributed by atoms with Crippen LogP contribution in [0.15, 0.2) is 34.9 Å². The zero-order valence-corrected chi connectivity index (χ0v) is 19.0. The molecule has 2 heterocycles. The topological polar surface area (TPSA) is 37.6 Å². The molecule has 3 aromatic rings. The molecule has 34 heavy (non-hydrogen) atoms. The third-order valence-electron chi connectivity index (χ3n) is 5.98. The number of carbonyl (C=O) groups excluding carboxylic acids is 1. The van der Waals surface area contributed by atoms with E-state index in [0.717, 1.165) is 28.2 Å². The maximum Gasteiger partial charge on any atom is 0.280 e. The van der Waals surface area contributed by atoms with Gasteiger partial charge < -0.3 is 4.57 Å². The molecule has 176 valence electrons. The molecule has 0 bridgehead atoms. The third kappa shape index (κ3) is 3.52. The Kier molecular flexibility index (Phi) is 5.67. The lowest BCUT2D eigenvalue weighted by molar-refractivity contribution is -0.114. The average Bonchev–Trinajstić information content (AvgIpc) is 3.22. The lowest BCUT2D eigenvalue weighted by atomic mass is 10.1. The Bertz CT molecular complexity index is 1410. The van der Waals surface area contributed by atoms with E-state index < -0.39 is 40.7 Å². The van der Waals surface area contributed by atoms with Crippen molar-refractivity contribution in [3.63, 3.8) is 0 Å². The molecular weight excluding hydrogens is 453 g/mol. The predicted octanol–water partition coefficient (Wildman–Crippen LogP) is 6.21. The van der Waals surface area contributed by atoms with E-state index in [0.29, 0.717) is 5.56 Å². The number of hydrogen-bond donors (Lipinski definition) is 0. The summed E-state index contributed by atoms with van der Waals surface area (Å²) in [5, 5.41) is 3.99. The summed E-state index contributed by atoms with van der Waals surface area (Å²) in [7, 11) is 0. The van der Waals surface area contributed by atoms with E-state index in [1.807, 2.05) is 56.5 Å². The first-order valence-corrected chi connectivity index (χ1v) is 10.3. The molecule has 0 atom stereocenters. The van der Waals surface area contributed by atoms with Crippen LogP contribution in [0.25, 0.3) is 11.8 Å². The van der Waals surface area contributed by atoms with E-state index in [2.05, 4.69) is 5.10 Å². The molecule has 0 radical (unpaired) electrons. The van der Waals surface area contributed by atoms with Crippen molar-refractivity contribution in [1.82, 2.24) is 4.57 Å². The van der Waals surface area contributed by atoms with Gasteiger partial charge in [-0.1, -0.05) is 6.07 Å². The highest BCUT2D eigenvalue weighted by Crippen LogP contribution is 2.34. The smallest absolute Gasteiger partial charge is 0.280 e. The van der Waals surface area contributed by atoms with Crippen molar-refractivity contribution in [3.8, 4) is 5.69 Å². The van der Waals surface area contributed by atoms with Crippen molar-refractivity contribution in [2.75, 3.05) is 5.01 Å². The molecule has 0 spiro atoms. The number of nitrogens with zero attached hydrogens (tertiary/aromatic N) is 3. The first-order valence-electron chi connectivity index (χ1n) is 10.3. The van der Waals surface area contributed by atoms with Crippen molar-refractivity contribution < 1.29 is 26.7 Å². The fourth-order valence-electron chi connectivity index (χ4n) is 3.97. The van der Waals surface area contributed by atoms with E-state index in [9.17, 15) is 26.7 Å². The molecule has 1 aliphatic heterocycles. The van der Waals surface area contributed by atoms with Crippen molar-refractivity contribution in [2.45, 2.75) is 34.6 Å². The number of aryl methyl sites for hydroxylation is 3. The summed E-state index contributed by atoms with van der Waals surface area (Å²) in [5.41, 5.74) is 4.14. The highest BCUT2D eigenvalue weighted by molar-refractivity contribution is 6.32. The van der Waals surface area contributed by atoms with Crippen molar-refractivity contribution in [2.24, 2.45) is 5.10 Å². The largest absolute Gasteiger partial charge is 0.318 e. The Hall–Kier alpha value is -3.75. The second-order valence-corrected chi connectivity index (χ2v) is 8.21. The van der Waals surface area contributed by atoms with Gasteiger partial charge in [-0.15, -0.1) is 0 Å². The van der Waals surface area contributed by atoms with Crippen LogP contribution in [-0.4, -0.2) is 16.2 Å². The monoisotopic (exact) mass is 473 g/mol. The molecule has 1 amide bonds. The van der Waals surface area contributed by atoms with Crippen molar-refractivity contribution in [3.05, 3.63) is 87.0 Å². The second-order valence-electron chi connectivity index (χ2n) is 8.21. The van der Waals surface area contributed by atoms with Gasteiger partial charge in [0.15, 0.2) is 23.3 Å². The SMILES string of the molecule is CC1=NN(c2c(F)c(F)c(F)c(F)c2F)C(=O)/C1=C/c1cc(C)n(-c2ccc(C)c(C)c2)c1C. The van der Waals surface area contributed by atoms with E-state index in [1.54, 1.807) is 0 Å². The Labute approximate surface area is 192 Å². The summed E-state index contributed by atoms with van der Waals surface area (Å²) in [6, 6.07) is 7.84. The summed E-state index contributed by atoms with van der Waals surface area (Å²) < 4.78 is 71.3. The number of anilines is 1. The molecule has 1 aliphatic rings. The average molecular weight is 473 g/mol. The maximum absolute atomic E-state index is 14.3. The summed E-state index contributed by atoms with van der Waals surface area (Å²) in [6.45, 7) is 9.17. The number of hydrazone groups is 1. The molecule has 2 aromatic carbocycles. The van der Waals surface area contributed by atoms with Crippen LogP contribution in [0.5, 0.6) is 0 Å². The highest BCUT2D eigenvalue weighted by Gasteiger charge is 2.37. The van der Waals surface area contributed by atoms with E-state index in [4.69, 9.17) is 0 Å². The summed E-state index contributed by atoms with van der Waals surface area (Å²) in [4.78, 5) is 13.0. The van der Waals surface area contributed by atoms with Crippen LogP contribution in [0.3, 0.4) is 0 Å². The first kappa shape index (κ1) is 23.4. The van der Waals surface area contributed by atoms with Gasteiger partial charge in [0.05, 0.1) is 11.3 Å². The van der Waals surface area contributed by atoms with Crippen LogP contribution in [0.2, 0.25) is 0 Å². The standard InChI is InChI=1S/C25H20F5N3O/c1-11-6-7-17(8-12(11)2)32-13(3)9-16(15(32)5)10-18-14(4)31-33(25(18)34)24-22(29)20(27)19(26)21(28)23(24)30/h6-10H,1-5H3/b18-10+. The van der Waals surface area contributed by atoms with E-state index >= 15 is 0 Å². The number of rotatable bonds is 3. The molecule has 4 rings (SSSR count). The predicted molar refractivity (Wildman–Crippen MR) is 120 cm³/mol.